The lowest BCUT2D eigenvalue weighted by Gasteiger charge is -2.39. The van der Waals surface area contributed by atoms with Crippen LogP contribution < -0.4 is 11.1 Å². The third-order valence-corrected chi connectivity index (χ3v) is 3.95. The van der Waals surface area contributed by atoms with Crippen LogP contribution in [0.1, 0.15) is 53.4 Å². The normalized spacial score (nSPS) is 25.7. The second-order valence-electron chi connectivity index (χ2n) is 7.43. The minimum Gasteiger partial charge on any atom is -0.329 e. The highest BCUT2D eigenvalue weighted by Crippen LogP contribution is 2.22. The summed E-state index contributed by atoms with van der Waals surface area (Å²) in [6.07, 6.45) is 5.41. The van der Waals surface area contributed by atoms with Gasteiger partial charge in [0, 0.05) is 38.8 Å². The smallest absolute Gasteiger partial charge is 0.0198 e. The van der Waals surface area contributed by atoms with E-state index in [1.807, 2.05) is 0 Å². The summed E-state index contributed by atoms with van der Waals surface area (Å²) in [4.78, 5) is 2.56. The molecular weight excluding hydrogens is 234 g/mol. The molecule has 0 aliphatic carbocycles. The summed E-state index contributed by atoms with van der Waals surface area (Å²) in [6.45, 7) is 14.6. The number of piperidine rings is 1. The van der Waals surface area contributed by atoms with Crippen molar-refractivity contribution in [1.29, 1.82) is 0 Å². The molecule has 0 aromatic carbocycles. The summed E-state index contributed by atoms with van der Waals surface area (Å²) in [5, 5.41) is 3.77. The molecule has 1 fully saturated rings. The zero-order valence-electron chi connectivity index (χ0n) is 13.5. The van der Waals surface area contributed by atoms with Crippen LogP contribution in [0.5, 0.6) is 0 Å². The fourth-order valence-corrected chi connectivity index (χ4v) is 2.97. The molecule has 3 N–H and O–H groups in total. The lowest BCUT2D eigenvalue weighted by atomic mass is 9.89. The summed E-state index contributed by atoms with van der Waals surface area (Å²) in [5.41, 5.74) is 6.10. The molecule has 3 heteroatoms. The van der Waals surface area contributed by atoms with E-state index in [4.69, 9.17) is 5.73 Å². The van der Waals surface area contributed by atoms with Crippen molar-refractivity contribution in [3.05, 3.63) is 0 Å². The molecule has 1 saturated heterocycles. The van der Waals surface area contributed by atoms with Gasteiger partial charge in [0.25, 0.3) is 0 Å². The molecule has 2 unspecified atom stereocenters. The molecule has 1 heterocycles. The molecule has 0 saturated carbocycles. The van der Waals surface area contributed by atoms with Crippen molar-refractivity contribution >= 4 is 0 Å². The third kappa shape index (κ3) is 7.28. The summed E-state index contributed by atoms with van der Waals surface area (Å²) < 4.78 is 0. The molecule has 0 bridgehead atoms. The molecule has 0 amide bonds. The quantitative estimate of drug-likeness (QED) is 0.746. The second kappa shape index (κ2) is 8.23. The summed E-state index contributed by atoms with van der Waals surface area (Å²) in [5.74, 6) is 0.859. The van der Waals surface area contributed by atoms with Crippen molar-refractivity contribution in [2.75, 3.05) is 32.7 Å². The van der Waals surface area contributed by atoms with E-state index in [0.717, 1.165) is 25.6 Å². The van der Waals surface area contributed by atoms with E-state index < -0.39 is 0 Å². The second-order valence-corrected chi connectivity index (χ2v) is 7.43. The number of nitrogens with zero attached hydrogens (tertiary/aromatic N) is 1. The van der Waals surface area contributed by atoms with E-state index >= 15 is 0 Å². The maximum atomic E-state index is 5.73. The fraction of sp³-hybridized carbons (Fsp3) is 1.00. The highest BCUT2D eigenvalue weighted by molar-refractivity contribution is 4.84. The van der Waals surface area contributed by atoms with Crippen LogP contribution in [0.2, 0.25) is 0 Å². The molecule has 2 atom stereocenters. The van der Waals surface area contributed by atoms with Gasteiger partial charge in [0.15, 0.2) is 0 Å². The van der Waals surface area contributed by atoms with E-state index in [9.17, 15) is 0 Å². The molecule has 0 spiro atoms. The van der Waals surface area contributed by atoms with E-state index in [1.165, 1.54) is 38.8 Å². The molecular formula is C16H35N3. The molecule has 0 radical (unpaired) electrons. The molecule has 19 heavy (non-hydrogen) atoms. The van der Waals surface area contributed by atoms with Crippen LogP contribution in [-0.2, 0) is 0 Å². The first kappa shape index (κ1) is 16.9. The Morgan fingerprint density at radius 3 is 2.58 bits per heavy atom. The number of rotatable bonds is 7. The van der Waals surface area contributed by atoms with E-state index in [-0.39, 0.29) is 0 Å². The summed E-state index contributed by atoms with van der Waals surface area (Å²) >= 11 is 0. The average Bonchev–Trinajstić information content (AvgIpc) is 2.33. The van der Waals surface area contributed by atoms with Gasteiger partial charge < -0.3 is 16.0 Å². The van der Waals surface area contributed by atoms with Crippen molar-refractivity contribution < 1.29 is 0 Å². The Kier molecular flexibility index (Phi) is 7.33. The van der Waals surface area contributed by atoms with Crippen LogP contribution in [0.25, 0.3) is 0 Å². The van der Waals surface area contributed by atoms with Gasteiger partial charge in [-0.25, -0.2) is 0 Å². The number of likely N-dealkylation sites (tertiary alicyclic amines) is 1. The zero-order valence-corrected chi connectivity index (χ0v) is 13.5. The third-order valence-electron chi connectivity index (χ3n) is 3.95. The van der Waals surface area contributed by atoms with Gasteiger partial charge in [-0.05, 0) is 24.2 Å². The molecule has 1 aliphatic rings. The van der Waals surface area contributed by atoms with Gasteiger partial charge in [0.1, 0.15) is 0 Å². The molecule has 1 aliphatic heterocycles. The largest absolute Gasteiger partial charge is 0.329 e. The Morgan fingerprint density at radius 1 is 1.26 bits per heavy atom. The number of unbranched alkanes of at least 4 members (excludes halogenated alkanes) is 1. The first-order valence-electron chi connectivity index (χ1n) is 8.10. The summed E-state index contributed by atoms with van der Waals surface area (Å²) in [6, 6.07) is 0.654. The number of hydrogen-bond acceptors (Lipinski definition) is 3. The fourth-order valence-electron chi connectivity index (χ4n) is 2.97. The maximum Gasteiger partial charge on any atom is 0.0198 e. The highest BCUT2D eigenvalue weighted by Gasteiger charge is 2.27. The van der Waals surface area contributed by atoms with Crippen LogP contribution in [0.4, 0.5) is 0 Å². The van der Waals surface area contributed by atoms with Crippen molar-refractivity contribution in [3.8, 4) is 0 Å². The Hall–Kier alpha value is -0.120. The first-order chi connectivity index (χ1) is 8.94. The van der Waals surface area contributed by atoms with Gasteiger partial charge in [-0.2, -0.15) is 0 Å². The lowest BCUT2D eigenvalue weighted by Crippen LogP contribution is -2.51. The van der Waals surface area contributed by atoms with Gasteiger partial charge in [-0.15, -0.1) is 0 Å². The van der Waals surface area contributed by atoms with Crippen LogP contribution in [0.15, 0.2) is 0 Å². The minimum absolute atomic E-state index is 0.370. The molecule has 0 aromatic rings. The van der Waals surface area contributed by atoms with Crippen molar-refractivity contribution in [2.24, 2.45) is 17.1 Å². The maximum absolute atomic E-state index is 5.73. The van der Waals surface area contributed by atoms with Crippen LogP contribution >= 0.6 is 0 Å². The van der Waals surface area contributed by atoms with Gasteiger partial charge >= 0.3 is 0 Å². The standard InChI is InChI=1S/C16H35N3/c1-5-6-7-14-10-15(18-13-16(2,3)4)12-19(11-14)9-8-17/h14-15,18H,5-13,17H2,1-4H3. The number of nitrogens with two attached hydrogens (primary N) is 1. The van der Waals surface area contributed by atoms with Gasteiger partial charge in [0.2, 0.25) is 0 Å². The lowest BCUT2D eigenvalue weighted by molar-refractivity contribution is 0.132. The summed E-state index contributed by atoms with van der Waals surface area (Å²) in [7, 11) is 0. The minimum atomic E-state index is 0.370. The van der Waals surface area contributed by atoms with Crippen LogP contribution in [-0.4, -0.2) is 43.7 Å². The molecule has 1 rings (SSSR count). The van der Waals surface area contributed by atoms with E-state index in [1.54, 1.807) is 0 Å². The monoisotopic (exact) mass is 269 g/mol. The number of nitrogens with one attached hydrogen (secondary N) is 1. The van der Waals surface area contributed by atoms with Crippen molar-refractivity contribution in [2.45, 2.75) is 59.4 Å². The van der Waals surface area contributed by atoms with Gasteiger partial charge in [-0.1, -0.05) is 40.5 Å². The SMILES string of the molecule is CCCCC1CC(NCC(C)(C)C)CN(CCN)C1. The van der Waals surface area contributed by atoms with E-state index in [2.05, 4.69) is 37.9 Å². The Bertz CT molecular complexity index is 235. The average molecular weight is 269 g/mol. The highest BCUT2D eigenvalue weighted by atomic mass is 15.2. The topological polar surface area (TPSA) is 41.3 Å². The molecule has 114 valence electrons. The van der Waals surface area contributed by atoms with Crippen LogP contribution in [0, 0.1) is 11.3 Å². The Balaban J connectivity index is 2.44. The Labute approximate surface area is 120 Å². The van der Waals surface area contributed by atoms with Crippen LogP contribution in [0.3, 0.4) is 0 Å². The Morgan fingerprint density at radius 2 is 2.00 bits per heavy atom. The zero-order chi connectivity index (χ0) is 14.3. The number of hydrogen-bond donors (Lipinski definition) is 2. The van der Waals surface area contributed by atoms with Crippen molar-refractivity contribution in [3.63, 3.8) is 0 Å². The van der Waals surface area contributed by atoms with Gasteiger partial charge in [0.05, 0.1) is 0 Å². The van der Waals surface area contributed by atoms with E-state index in [0.29, 0.717) is 11.5 Å². The first-order valence-corrected chi connectivity index (χ1v) is 8.10. The van der Waals surface area contributed by atoms with Crippen molar-refractivity contribution in [1.82, 2.24) is 10.2 Å². The molecule has 0 aromatic heterocycles. The molecule has 3 nitrogen and oxygen atoms in total. The van der Waals surface area contributed by atoms with Gasteiger partial charge in [-0.3, -0.25) is 0 Å². The predicted molar refractivity (Wildman–Crippen MR) is 84.4 cm³/mol. The predicted octanol–water partition coefficient (Wildman–Crippen LogP) is 2.46.